The quantitative estimate of drug-likeness (QED) is 0.779. The fourth-order valence-corrected chi connectivity index (χ4v) is 2.40. The van der Waals surface area contributed by atoms with E-state index < -0.39 is 23.7 Å². The first kappa shape index (κ1) is 13.2. The number of carbonyl (C=O) groups is 2. The van der Waals surface area contributed by atoms with Gasteiger partial charge in [-0.3, -0.25) is 9.59 Å². The van der Waals surface area contributed by atoms with Gasteiger partial charge < -0.3 is 19.9 Å². The smallest absolute Gasteiger partial charge is 0.316 e. The van der Waals surface area contributed by atoms with Crippen LogP contribution in [0.15, 0.2) is 18.2 Å². The van der Waals surface area contributed by atoms with Crippen LogP contribution in [-0.2, 0) is 9.59 Å². The summed E-state index contributed by atoms with van der Waals surface area (Å²) in [4.78, 5) is 22.8. The highest BCUT2D eigenvalue weighted by Crippen LogP contribution is 2.40. The van der Waals surface area contributed by atoms with Gasteiger partial charge in [-0.2, -0.15) is 0 Å². The molecule has 1 amide bonds. The predicted molar refractivity (Wildman–Crippen MR) is 66.4 cm³/mol. The van der Waals surface area contributed by atoms with E-state index in [2.05, 4.69) is 5.32 Å². The Kier molecular flexibility index (Phi) is 3.59. The monoisotopic (exact) mass is 265 g/mol. The highest BCUT2D eigenvalue weighted by Gasteiger charge is 2.42. The van der Waals surface area contributed by atoms with Gasteiger partial charge in [0.1, 0.15) is 5.92 Å². The number of carboxylic acids is 1. The Morgan fingerprint density at radius 1 is 1.37 bits per heavy atom. The summed E-state index contributed by atoms with van der Waals surface area (Å²) in [6, 6.07) is 5.23. The van der Waals surface area contributed by atoms with Crippen LogP contribution < -0.4 is 14.8 Å². The molecule has 0 aromatic heterocycles. The first-order chi connectivity index (χ1) is 9.10. The molecule has 19 heavy (non-hydrogen) atoms. The van der Waals surface area contributed by atoms with Crippen molar-refractivity contribution in [3.63, 3.8) is 0 Å². The third-order valence-electron chi connectivity index (χ3n) is 3.28. The second-order valence-corrected chi connectivity index (χ2v) is 4.25. The molecule has 6 heteroatoms. The van der Waals surface area contributed by atoms with Gasteiger partial charge in [-0.1, -0.05) is 12.1 Å². The van der Waals surface area contributed by atoms with Crippen molar-refractivity contribution < 1.29 is 24.2 Å². The van der Waals surface area contributed by atoms with E-state index in [0.29, 0.717) is 17.1 Å². The topological polar surface area (TPSA) is 84.9 Å². The van der Waals surface area contributed by atoms with E-state index in [4.69, 9.17) is 9.47 Å². The Balaban J connectivity index is 2.47. The van der Waals surface area contributed by atoms with Crippen LogP contribution in [0.5, 0.6) is 11.5 Å². The largest absolute Gasteiger partial charge is 0.493 e. The van der Waals surface area contributed by atoms with Crippen molar-refractivity contribution >= 4 is 11.9 Å². The minimum atomic E-state index is -1.13. The van der Waals surface area contributed by atoms with Crippen LogP contribution >= 0.6 is 0 Å². The molecule has 0 aliphatic carbocycles. The lowest BCUT2D eigenvalue weighted by molar-refractivity contribution is -0.145. The fourth-order valence-electron chi connectivity index (χ4n) is 2.40. The van der Waals surface area contributed by atoms with Gasteiger partial charge in [-0.15, -0.1) is 0 Å². The molecule has 0 saturated carbocycles. The highest BCUT2D eigenvalue weighted by atomic mass is 16.5. The summed E-state index contributed by atoms with van der Waals surface area (Å²) in [5, 5.41) is 11.7. The Labute approximate surface area is 110 Å². The van der Waals surface area contributed by atoms with Crippen LogP contribution in [0.2, 0.25) is 0 Å². The standard InChI is InChI=1S/C13H15NO5/c1-18-9-5-3-4-7(11(9)19-2)8-6-14-12(15)10(8)13(16)17/h3-5,8,10H,6H2,1-2H3,(H,14,15)(H,16,17)/t8-,10+/m0/s1. The maximum absolute atomic E-state index is 11.6. The zero-order chi connectivity index (χ0) is 14.0. The molecule has 2 rings (SSSR count). The fraction of sp³-hybridized carbons (Fsp3) is 0.385. The number of carbonyl (C=O) groups excluding carboxylic acids is 1. The van der Waals surface area contributed by atoms with Crippen LogP contribution in [0, 0.1) is 5.92 Å². The molecule has 6 nitrogen and oxygen atoms in total. The lowest BCUT2D eigenvalue weighted by Gasteiger charge is -2.18. The Morgan fingerprint density at radius 3 is 2.68 bits per heavy atom. The third kappa shape index (κ3) is 2.21. The first-order valence-electron chi connectivity index (χ1n) is 5.81. The molecule has 1 heterocycles. The minimum Gasteiger partial charge on any atom is -0.493 e. The Hall–Kier alpha value is -2.24. The van der Waals surface area contributed by atoms with E-state index in [0.717, 1.165) is 0 Å². The molecule has 1 aliphatic rings. The van der Waals surface area contributed by atoms with Crippen molar-refractivity contribution in [2.45, 2.75) is 5.92 Å². The first-order valence-corrected chi connectivity index (χ1v) is 5.81. The second-order valence-electron chi connectivity index (χ2n) is 4.25. The third-order valence-corrected chi connectivity index (χ3v) is 3.28. The lowest BCUT2D eigenvalue weighted by atomic mass is 9.88. The number of hydrogen-bond donors (Lipinski definition) is 2. The molecule has 1 saturated heterocycles. The van der Waals surface area contributed by atoms with Crippen LogP contribution in [0.3, 0.4) is 0 Å². The second kappa shape index (κ2) is 5.17. The van der Waals surface area contributed by atoms with Crippen LogP contribution in [0.4, 0.5) is 0 Å². The summed E-state index contributed by atoms with van der Waals surface area (Å²) in [6.45, 7) is 0.277. The zero-order valence-electron chi connectivity index (χ0n) is 10.7. The number of para-hydroxylation sites is 1. The summed E-state index contributed by atoms with van der Waals surface area (Å²) < 4.78 is 10.5. The van der Waals surface area contributed by atoms with Gasteiger partial charge in [0.25, 0.3) is 0 Å². The average molecular weight is 265 g/mol. The molecule has 1 aliphatic heterocycles. The normalized spacial score (nSPS) is 21.9. The molecule has 0 unspecified atom stereocenters. The van der Waals surface area contributed by atoms with Crippen molar-refractivity contribution in [3.05, 3.63) is 23.8 Å². The summed E-state index contributed by atoms with van der Waals surface area (Å²) >= 11 is 0. The highest BCUT2D eigenvalue weighted by molar-refractivity contribution is 6.00. The molecule has 0 bridgehead atoms. The molecular weight excluding hydrogens is 250 g/mol. The van der Waals surface area contributed by atoms with Crippen LogP contribution in [0.1, 0.15) is 11.5 Å². The number of hydrogen-bond acceptors (Lipinski definition) is 4. The molecular formula is C13H15NO5. The Morgan fingerprint density at radius 2 is 2.11 bits per heavy atom. The van der Waals surface area contributed by atoms with Gasteiger partial charge in [0.15, 0.2) is 11.5 Å². The summed E-state index contributed by atoms with van der Waals surface area (Å²) in [7, 11) is 3.00. The van der Waals surface area contributed by atoms with Crippen LogP contribution in [-0.4, -0.2) is 37.7 Å². The minimum absolute atomic E-state index is 0.277. The number of benzene rings is 1. The summed E-state index contributed by atoms with van der Waals surface area (Å²) in [5.74, 6) is -2.18. The van der Waals surface area contributed by atoms with Crippen molar-refractivity contribution in [1.82, 2.24) is 5.32 Å². The molecule has 2 N–H and O–H groups in total. The number of amides is 1. The molecule has 1 aromatic carbocycles. The SMILES string of the molecule is COc1cccc([C@@H]2CNC(=O)[C@@H]2C(=O)O)c1OC. The van der Waals surface area contributed by atoms with Gasteiger partial charge >= 0.3 is 5.97 Å². The number of ether oxygens (including phenoxy) is 2. The van der Waals surface area contributed by atoms with E-state index in [-0.39, 0.29) is 6.54 Å². The van der Waals surface area contributed by atoms with E-state index in [9.17, 15) is 14.7 Å². The molecule has 1 fully saturated rings. The predicted octanol–water partition coefficient (Wildman–Crippen LogP) is 0.618. The molecule has 102 valence electrons. The van der Waals surface area contributed by atoms with E-state index >= 15 is 0 Å². The van der Waals surface area contributed by atoms with Crippen molar-refractivity contribution in [3.8, 4) is 11.5 Å². The van der Waals surface area contributed by atoms with E-state index in [1.165, 1.54) is 14.2 Å². The van der Waals surface area contributed by atoms with Crippen molar-refractivity contribution in [2.75, 3.05) is 20.8 Å². The maximum atomic E-state index is 11.6. The van der Waals surface area contributed by atoms with Crippen LogP contribution in [0.25, 0.3) is 0 Å². The van der Waals surface area contributed by atoms with Gasteiger partial charge in [-0.05, 0) is 6.07 Å². The zero-order valence-corrected chi connectivity index (χ0v) is 10.7. The molecule has 0 radical (unpaired) electrons. The van der Waals surface area contributed by atoms with Crippen molar-refractivity contribution in [2.24, 2.45) is 5.92 Å². The van der Waals surface area contributed by atoms with Gasteiger partial charge in [-0.25, -0.2) is 0 Å². The summed E-state index contributed by atoms with van der Waals surface area (Å²) in [5.41, 5.74) is 0.660. The van der Waals surface area contributed by atoms with Crippen molar-refractivity contribution in [1.29, 1.82) is 0 Å². The number of nitrogens with one attached hydrogen (secondary N) is 1. The van der Waals surface area contributed by atoms with E-state index in [1.807, 2.05) is 0 Å². The maximum Gasteiger partial charge on any atom is 0.316 e. The summed E-state index contributed by atoms with van der Waals surface area (Å²) in [6.07, 6.45) is 0. The number of carboxylic acid groups (broad SMARTS) is 1. The van der Waals surface area contributed by atoms with Gasteiger partial charge in [0.2, 0.25) is 5.91 Å². The van der Waals surface area contributed by atoms with Gasteiger partial charge in [0, 0.05) is 18.0 Å². The molecule has 0 spiro atoms. The van der Waals surface area contributed by atoms with E-state index in [1.54, 1.807) is 18.2 Å². The van der Waals surface area contributed by atoms with Gasteiger partial charge in [0.05, 0.1) is 14.2 Å². The number of aliphatic carboxylic acids is 1. The molecule has 1 aromatic rings. The molecule has 2 atom stereocenters. The lowest BCUT2D eigenvalue weighted by Crippen LogP contribution is -2.26. The number of methoxy groups -OCH3 is 2. The number of rotatable bonds is 4. The average Bonchev–Trinajstić information content (AvgIpc) is 2.79. The Bertz CT molecular complexity index is 514.